The van der Waals surface area contributed by atoms with Crippen molar-refractivity contribution in [3.8, 4) is 17.2 Å². The van der Waals surface area contributed by atoms with Gasteiger partial charge >= 0.3 is 6.36 Å². The molecule has 1 N–H and O–H groups in total. The van der Waals surface area contributed by atoms with Crippen molar-refractivity contribution in [1.29, 1.82) is 0 Å². The summed E-state index contributed by atoms with van der Waals surface area (Å²) in [4.78, 5) is 0. The Morgan fingerprint density at radius 2 is 1.75 bits per heavy atom. The average molecular weight is 339 g/mol. The second-order valence-corrected chi connectivity index (χ2v) is 5.38. The minimum absolute atomic E-state index is 0.0547. The van der Waals surface area contributed by atoms with E-state index in [1.807, 2.05) is 12.1 Å². The molecule has 2 aromatic carbocycles. The van der Waals surface area contributed by atoms with Crippen LogP contribution in [0.25, 0.3) is 0 Å². The molecule has 1 aliphatic rings. The molecule has 0 saturated carbocycles. The number of fused-ring (bicyclic) bond motifs is 1. The van der Waals surface area contributed by atoms with Gasteiger partial charge in [-0.2, -0.15) is 0 Å². The van der Waals surface area contributed by atoms with Crippen molar-refractivity contribution in [2.24, 2.45) is 0 Å². The van der Waals surface area contributed by atoms with Crippen LogP contribution in [0.5, 0.6) is 17.2 Å². The number of alkyl halides is 3. The molecule has 128 valence electrons. The van der Waals surface area contributed by atoms with E-state index in [4.69, 9.17) is 9.47 Å². The minimum atomic E-state index is -4.69. The molecule has 1 heterocycles. The summed E-state index contributed by atoms with van der Waals surface area (Å²) in [5, 5.41) is 3.30. The van der Waals surface area contributed by atoms with Crippen molar-refractivity contribution in [1.82, 2.24) is 0 Å². The Kier molecular flexibility index (Phi) is 4.17. The fourth-order valence-electron chi connectivity index (χ4n) is 2.81. The van der Waals surface area contributed by atoms with Crippen LogP contribution >= 0.6 is 0 Å². The third-order valence-electron chi connectivity index (χ3n) is 3.87. The number of anilines is 1. The van der Waals surface area contributed by atoms with Crippen LogP contribution in [-0.2, 0) is 6.42 Å². The first-order chi connectivity index (χ1) is 11.4. The van der Waals surface area contributed by atoms with E-state index in [9.17, 15) is 13.2 Å². The molecule has 0 amide bonds. The predicted octanol–water partition coefficient (Wildman–Crippen LogP) is 4.31. The predicted molar refractivity (Wildman–Crippen MR) is 82.7 cm³/mol. The molecule has 0 fully saturated rings. The number of ether oxygens (including phenoxy) is 3. The third-order valence-corrected chi connectivity index (χ3v) is 3.87. The molecule has 0 aliphatic carbocycles. The van der Waals surface area contributed by atoms with Gasteiger partial charge in [0.05, 0.1) is 20.3 Å². The standard InChI is InChI=1S/C17H16F3NO3/c1-22-15-6-3-10(9-16(15)23-2)14-8-11-7-12(24-17(18,19)20)4-5-13(11)21-14/h3-7,9,14,21H,8H2,1-2H3. The molecule has 0 radical (unpaired) electrons. The molecule has 4 nitrogen and oxygen atoms in total. The average Bonchev–Trinajstić information content (AvgIpc) is 2.95. The molecule has 0 aromatic heterocycles. The highest BCUT2D eigenvalue weighted by Gasteiger charge is 2.32. The van der Waals surface area contributed by atoms with Gasteiger partial charge < -0.3 is 19.5 Å². The van der Waals surface area contributed by atoms with Gasteiger partial charge in [-0.25, -0.2) is 0 Å². The number of halogens is 3. The normalized spacial score (nSPS) is 16.3. The fraction of sp³-hybridized carbons (Fsp3) is 0.294. The summed E-state index contributed by atoms with van der Waals surface area (Å²) in [5.41, 5.74) is 2.53. The second-order valence-electron chi connectivity index (χ2n) is 5.38. The van der Waals surface area contributed by atoms with Gasteiger partial charge in [0.25, 0.3) is 0 Å². The largest absolute Gasteiger partial charge is 0.573 e. The second kappa shape index (κ2) is 6.14. The third kappa shape index (κ3) is 3.34. The van der Waals surface area contributed by atoms with Crippen LogP contribution in [0, 0.1) is 0 Å². The number of hydrogen-bond donors (Lipinski definition) is 1. The maximum Gasteiger partial charge on any atom is 0.573 e. The first-order valence-corrected chi connectivity index (χ1v) is 7.27. The van der Waals surface area contributed by atoms with Crippen molar-refractivity contribution in [3.05, 3.63) is 47.5 Å². The lowest BCUT2D eigenvalue weighted by atomic mass is 10.0. The Balaban J connectivity index is 1.81. The Morgan fingerprint density at radius 1 is 1.00 bits per heavy atom. The van der Waals surface area contributed by atoms with Gasteiger partial charge in [-0.3, -0.25) is 0 Å². The number of rotatable bonds is 4. The van der Waals surface area contributed by atoms with E-state index in [1.165, 1.54) is 12.1 Å². The SMILES string of the molecule is COc1ccc(C2Cc3cc(OC(F)(F)F)ccc3N2)cc1OC. The molecule has 7 heteroatoms. The van der Waals surface area contributed by atoms with Crippen LogP contribution in [0.2, 0.25) is 0 Å². The number of benzene rings is 2. The quantitative estimate of drug-likeness (QED) is 0.901. The van der Waals surface area contributed by atoms with Gasteiger partial charge in [0.15, 0.2) is 11.5 Å². The molecule has 1 aliphatic heterocycles. The molecular formula is C17H16F3NO3. The Bertz CT molecular complexity index is 746. The minimum Gasteiger partial charge on any atom is -0.493 e. The zero-order valence-electron chi connectivity index (χ0n) is 13.1. The number of hydrogen-bond acceptors (Lipinski definition) is 4. The highest BCUT2D eigenvalue weighted by atomic mass is 19.4. The summed E-state index contributed by atoms with van der Waals surface area (Å²) in [5.74, 6) is 1.02. The topological polar surface area (TPSA) is 39.7 Å². The molecule has 1 unspecified atom stereocenters. The van der Waals surface area contributed by atoms with Crippen LogP contribution in [0.3, 0.4) is 0 Å². The molecule has 2 aromatic rings. The van der Waals surface area contributed by atoms with E-state index in [0.29, 0.717) is 17.9 Å². The number of methoxy groups -OCH3 is 2. The zero-order chi connectivity index (χ0) is 17.3. The maximum absolute atomic E-state index is 12.3. The molecule has 0 bridgehead atoms. The van der Waals surface area contributed by atoms with Crippen LogP contribution < -0.4 is 19.5 Å². The molecule has 0 saturated heterocycles. The molecule has 3 rings (SSSR count). The maximum atomic E-state index is 12.3. The summed E-state index contributed by atoms with van der Waals surface area (Å²) in [6.07, 6.45) is -4.14. The van der Waals surface area contributed by atoms with Crippen LogP contribution in [0.1, 0.15) is 17.2 Å². The monoisotopic (exact) mass is 339 g/mol. The summed E-state index contributed by atoms with van der Waals surface area (Å²) in [6.45, 7) is 0. The van der Waals surface area contributed by atoms with E-state index in [0.717, 1.165) is 16.8 Å². The zero-order valence-corrected chi connectivity index (χ0v) is 13.1. The highest BCUT2D eigenvalue weighted by molar-refractivity contribution is 5.61. The fourth-order valence-corrected chi connectivity index (χ4v) is 2.81. The van der Waals surface area contributed by atoms with Gasteiger partial charge in [0.1, 0.15) is 5.75 Å². The summed E-state index contributed by atoms with van der Waals surface area (Å²) in [6, 6.07) is 9.81. The first kappa shape index (κ1) is 16.3. The Hall–Kier alpha value is -2.57. The van der Waals surface area contributed by atoms with E-state index < -0.39 is 6.36 Å². The van der Waals surface area contributed by atoms with Gasteiger partial charge in [0, 0.05) is 5.69 Å². The highest BCUT2D eigenvalue weighted by Crippen LogP contribution is 2.39. The molecule has 24 heavy (non-hydrogen) atoms. The van der Waals surface area contributed by atoms with Crippen molar-refractivity contribution >= 4 is 5.69 Å². The van der Waals surface area contributed by atoms with Crippen molar-refractivity contribution in [2.75, 3.05) is 19.5 Å². The van der Waals surface area contributed by atoms with Gasteiger partial charge in [-0.15, -0.1) is 13.2 Å². The summed E-state index contributed by atoms with van der Waals surface area (Å²) >= 11 is 0. The lowest BCUT2D eigenvalue weighted by Gasteiger charge is -2.15. The van der Waals surface area contributed by atoms with E-state index >= 15 is 0 Å². The lowest BCUT2D eigenvalue weighted by Crippen LogP contribution is -2.17. The smallest absolute Gasteiger partial charge is 0.493 e. The van der Waals surface area contributed by atoms with Crippen molar-refractivity contribution in [3.63, 3.8) is 0 Å². The molecule has 1 atom stereocenters. The Labute approximate surface area is 137 Å². The number of nitrogens with one attached hydrogen (secondary N) is 1. The first-order valence-electron chi connectivity index (χ1n) is 7.27. The van der Waals surface area contributed by atoms with Gasteiger partial charge in [0.2, 0.25) is 0 Å². The van der Waals surface area contributed by atoms with E-state index in [1.54, 1.807) is 26.4 Å². The van der Waals surface area contributed by atoms with Crippen LogP contribution in [0.4, 0.5) is 18.9 Å². The Morgan fingerprint density at radius 3 is 2.42 bits per heavy atom. The van der Waals surface area contributed by atoms with Crippen LogP contribution in [0.15, 0.2) is 36.4 Å². The van der Waals surface area contributed by atoms with Crippen LogP contribution in [-0.4, -0.2) is 20.6 Å². The van der Waals surface area contributed by atoms with E-state index in [-0.39, 0.29) is 11.8 Å². The van der Waals surface area contributed by atoms with Crippen molar-refractivity contribution < 1.29 is 27.4 Å². The van der Waals surface area contributed by atoms with Crippen molar-refractivity contribution in [2.45, 2.75) is 18.8 Å². The van der Waals surface area contributed by atoms with Gasteiger partial charge in [-0.05, 0) is 47.9 Å². The molecular weight excluding hydrogens is 323 g/mol. The molecule has 0 spiro atoms. The summed E-state index contributed by atoms with van der Waals surface area (Å²) < 4.78 is 51.4. The lowest BCUT2D eigenvalue weighted by molar-refractivity contribution is -0.274. The summed E-state index contributed by atoms with van der Waals surface area (Å²) in [7, 11) is 3.11. The van der Waals surface area contributed by atoms with Gasteiger partial charge in [-0.1, -0.05) is 6.07 Å². The van der Waals surface area contributed by atoms with E-state index in [2.05, 4.69) is 10.1 Å².